The van der Waals surface area contributed by atoms with E-state index in [1.54, 1.807) is 0 Å². The maximum Gasteiger partial charge on any atom is 0.231 e. The summed E-state index contributed by atoms with van der Waals surface area (Å²) in [4.78, 5) is 7.50. The Labute approximate surface area is 98.6 Å². The van der Waals surface area contributed by atoms with Crippen LogP contribution in [0.15, 0.2) is 24.4 Å². The third-order valence-corrected chi connectivity index (χ3v) is 2.69. The van der Waals surface area contributed by atoms with Crippen molar-refractivity contribution in [3.8, 4) is 22.8 Å². The second-order valence-corrected chi connectivity index (χ2v) is 3.85. The Bertz CT molecular complexity index is 536. The summed E-state index contributed by atoms with van der Waals surface area (Å²) in [6.45, 7) is 0.883. The number of ether oxygens (including phenoxy) is 2. The standard InChI is InChI=1S/C12H13N3O2/c13-4-3-12-14-6-9(15-12)8-1-2-10-11(5-8)17-7-16-10/h1-2,5-6H,3-4,7,13H2,(H,14,15). The third kappa shape index (κ3) is 1.85. The maximum atomic E-state index is 5.49. The largest absolute Gasteiger partial charge is 0.454 e. The highest BCUT2D eigenvalue weighted by molar-refractivity contribution is 5.64. The number of aromatic amines is 1. The van der Waals surface area contributed by atoms with Gasteiger partial charge in [-0.05, 0) is 24.7 Å². The number of H-pyrrole nitrogens is 1. The molecule has 0 radical (unpaired) electrons. The first-order valence-corrected chi connectivity index (χ1v) is 5.51. The zero-order chi connectivity index (χ0) is 11.7. The van der Waals surface area contributed by atoms with Crippen molar-refractivity contribution in [2.24, 2.45) is 5.73 Å². The average molecular weight is 231 g/mol. The van der Waals surface area contributed by atoms with Gasteiger partial charge in [-0.1, -0.05) is 0 Å². The van der Waals surface area contributed by atoms with Crippen molar-refractivity contribution in [2.45, 2.75) is 6.42 Å². The van der Waals surface area contributed by atoms with Crippen LogP contribution in [-0.2, 0) is 6.42 Å². The van der Waals surface area contributed by atoms with E-state index in [1.807, 2.05) is 24.4 Å². The van der Waals surface area contributed by atoms with Crippen molar-refractivity contribution >= 4 is 0 Å². The minimum absolute atomic E-state index is 0.292. The van der Waals surface area contributed by atoms with E-state index in [4.69, 9.17) is 15.2 Å². The molecule has 0 saturated carbocycles. The number of imidazole rings is 1. The molecule has 0 unspecified atom stereocenters. The molecule has 0 amide bonds. The molecule has 0 aliphatic carbocycles. The summed E-state index contributed by atoms with van der Waals surface area (Å²) in [5, 5.41) is 0. The number of fused-ring (bicyclic) bond motifs is 1. The predicted octanol–water partition coefficient (Wildman–Crippen LogP) is 1.31. The van der Waals surface area contributed by atoms with E-state index in [1.165, 1.54) is 0 Å². The van der Waals surface area contributed by atoms with E-state index in [0.717, 1.165) is 35.0 Å². The maximum absolute atomic E-state index is 5.49. The fourth-order valence-electron chi connectivity index (χ4n) is 1.84. The van der Waals surface area contributed by atoms with Gasteiger partial charge in [0, 0.05) is 12.0 Å². The van der Waals surface area contributed by atoms with Crippen molar-refractivity contribution in [2.75, 3.05) is 13.3 Å². The molecule has 0 fully saturated rings. The number of benzene rings is 1. The first-order valence-electron chi connectivity index (χ1n) is 5.51. The van der Waals surface area contributed by atoms with E-state index in [0.29, 0.717) is 13.3 Å². The highest BCUT2D eigenvalue weighted by atomic mass is 16.7. The van der Waals surface area contributed by atoms with Crippen molar-refractivity contribution in [3.63, 3.8) is 0 Å². The molecule has 1 aromatic carbocycles. The van der Waals surface area contributed by atoms with Gasteiger partial charge in [-0.3, -0.25) is 0 Å². The number of nitrogens with two attached hydrogens (primary N) is 1. The van der Waals surface area contributed by atoms with Crippen molar-refractivity contribution in [3.05, 3.63) is 30.2 Å². The molecular weight excluding hydrogens is 218 g/mol. The number of hydrogen-bond donors (Lipinski definition) is 2. The average Bonchev–Trinajstić information content (AvgIpc) is 2.96. The van der Waals surface area contributed by atoms with Crippen LogP contribution in [0.3, 0.4) is 0 Å². The summed E-state index contributed by atoms with van der Waals surface area (Å²) < 4.78 is 10.6. The molecule has 5 nitrogen and oxygen atoms in total. The van der Waals surface area contributed by atoms with Gasteiger partial charge in [-0.25, -0.2) is 4.98 Å². The minimum Gasteiger partial charge on any atom is -0.454 e. The van der Waals surface area contributed by atoms with Gasteiger partial charge in [0.2, 0.25) is 6.79 Å². The topological polar surface area (TPSA) is 73.2 Å². The lowest BCUT2D eigenvalue weighted by Crippen LogP contribution is -2.03. The van der Waals surface area contributed by atoms with Crippen LogP contribution in [0.25, 0.3) is 11.3 Å². The smallest absolute Gasteiger partial charge is 0.231 e. The van der Waals surface area contributed by atoms with E-state index >= 15 is 0 Å². The Hall–Kier alpha value is -2.01. The lowest BCUT2D eigenvalue weighted by atomic mass is 10.1. The summed E-state index contributed by atoms with van der Waals surface area (Å²) in [5.41, 5.74) is 7.48. The third-order valence-electron chi connectivity index (χ3n) is 2.69. The lowest BCUT2D eigenvalue weighted by Gasteiger charge is -2.00. The monoisotopic (exact) mass is 231 g/mol. The van der Waals surface area contributed by atoms with E-state index in [-0.39, 0.29) is 0 Å². The molecule has 1 aromatic heterocycles. The quantitative estimate of drug-likeness (QED) is 0.835. The second-order valence-electron chi connectivity index (χ2n) is 3.85. The van der Waals surface area contributed by atoms with Crippen molar-refractivity contribution < 1.29 is 9.47 Å². The van der Waals surface area contributed by atoms with Crippen LogP contribution in [-0.4, -0.2) is 23.3 Å². The van der Waals surface area contributed by atoms with Crippen LogP contribution < -0.4 is 15.2 Å². The molecule has 0 spiro atoms. The van der Waals surface area contributed by atoms with Gasteiger partial charge in [0.15, 0.2) is 11.5 Å². The number of nitrogens with zero attached hydrogens (tertiary/aromatic N) is 1. The summed E-state index contributed by atoms with van der Waals surface area (Å²) in [7, 11) is 0. The summed E-state index contributed by atoms with van der Waals surface area (Å²) in [5.74, 6) is 2.47. The fraction of sp³-hybridized carbons (Fsp3) is 0.250. The minimum atomic E-state index is 0.292. The Balaban J connectivity index is 1.92. The van der Waals surface area contributed by atoms with Gasteiger partial charge in [0.25, 0.3) is 0 Å². The molecule has 3 N–H and O–H groups in total. The number of hydrogen-bond acceptors (Lipinski definition) is 4. The summed E-state index contributed by atoms with van der Waals surface area (Å²) in [6.07, 6.45) is 2.56. The predicted molar refractivity (Wildman–Crippen MR) is 62.9 cm³/mol. The number of nitrogens with one attached hydrogen (secondary N) is 1. The molecular formula is C12H13N3O2. The fourth-order valence-corrected chi connectivity index (χ4v) is 1.84. The summed E-state index contributed by atoms with van der Waals surface area (Å²) >= 11 is 0. The van der Waals surface area contributed by atoms with Gasteiger partial charge < -0.3 is 20.2 Å². The Morgan fingerprint density at radius 2 is 2.18 bits per heavy atom. The van der Waals surface area contributed by atoms with Gasteiger partial charge >= 0.3 is 0 Å². The van der Waals surface area contributed by atoms with Gasteiger partial charge in [-0.15, -0.1) is 0 Å². The highest BCUT2D eigenvalue weighted by Gasteiger charge is 2.14. The molecule has 0 atom stereocenters. The molecule has 0 saturated heterocycles. The van der Waals surface area contributed by atoms with Crippen LogP contribution in [0.2, 0.25) is 0 Å². The van der Waals surface area contributed by atoms with Crippen molar-refractivity contribution in [1.82, 2.24) is 9.97 Å². The van der Waals surface area contributed by atoms with Crippen LogP contribution in [0.4, 0.5) is 0 Å². The van der Waals surface area contributed by atoms with E-state index in [9.17, 15) is 0 Å². The van der Waals surface area contributed by atoms with Crippen LogP contribution >= 0.6 is 0 Å². The first-order chi connectivity index (χ1) is 8.36. The summed E-state index contributed by atoms with van der Waals surface area (Å²) in [6, 6.07) is 5.83. The van der Waals surface area contributed by atoms with Crippen LogP contribution in [0.1, 0.15) is 5.82 Å². The normalized spacial score (nSPS) is 13.0. The highest BCUT2D eigenvalue weighted by Crippen LogP contribution is 2.35. The first kappa shape index (κ1) is 10.2. The molecule has 1 aliphatic rings. The Kier molecular flexibility index (Phi) is 2.45. The molecule has 88 valence electrons. The van der Waals surface area contributed by atoms with Gasteiger partial charge in [0.05, 0.1) is 11.9 Å². The second kappa shape index (κ2) is 4.10. The molecule has 17 heavy (non-hydrogen) atoms. The molecule has 0 bridgehead atoms. The SMILES string of the molecule is NCCc1ncc(-c2ccc3c(c2)OCO3)[nH]1. The number of rotatable bonds is 3. The molecule has 3 rings (SSSR count). The van der Waals surface area contributed by atoms with Gasteiger partial charge in [-0.2, -0.15) is 0 Å². The Morgan fingerprint density at radius 3 is 3.06 bits per heavy atom. The van der Waals surface area contributed by atoms with Crippen LogP contribution in [0.5, 0.6) is 11.5 Å². The zero-order valence-corrected chi connectivity index (χ0v) is 9.27. The van der Waals surface area contributed by atoms with Crippen molar-refractivity contribution in [1.29, 1.82) is 0 Å². The lowest BCUT2D eigenvalue weighted by molar-refractivity contribution is 0.174. The molecule has 2 heterocycles. The molecule has 1 aliphatic heterocycles. The van der Waals surface area contributed by atoms with E-state index < -0.39 is 0 Å². The molecule has 5 heteroatoms. The Morgan fingerprint density at radius 1 is 1.29 bits per heavy atom. The molecule has 2 aromatic rings. The van der Waals surface area contributed by atoms with Gasteiger partial charge in [0.1, 0.15) is 5.82 Å². The van der Waals surface area contributed by atoms with Crippen LogP contribution in [0, 0.1) is 0 Å². The van der Waals surface area contributed by atoms with E-state index in [2.05, 4.69) is 9.97 Å². The zero-order valence-electron chi connectivity index (χ0n) is 9.27. The number of aromatic nitrogens is 2.